The van der Waals surface area contributed by atoms with E-state index in [0.29, 0.717) is 4.57 Å². The molecule has 1 aliphatic rings. The minimum atomic E-state index is -5.51. The predicted molar refractivity (Wildman–Crippen MR) is 108 cm³/mol. The fraction of sp³-hybridized carbons (Fsp3) is 0.100. The van der Waals surface area contributed by atoms with Crippen LogP contribution >= 0.6 is 11.6 Å². The summed E-state index contributed by atoms with van der Waals surface area (Å²) >= 11 is 5.78. The van der Waals surface area contributed by atoms with Crippen molar-refractivity contribution in [1.29, 1.82) is 0 Å². The lowest BCUT2D eigenvalue weighted by molar-refractivity contribution is -0.196. The number of fused-ring (bicyclic) bond motifs is 1. The predicted octanol–water partition coefficient (Wildman–Crippen LogP) is 2.46. The molecule has 13 heteroatoms. The van der Waals surface area contributed by atoms with Crippen molar-refractivity contribution in [1.82, 2.24) is 14.9 Å². The second-order valence-corrected chi connectivity index (χ2v) is 7.40. The SMILES string of the molecule is O=C(N[C@@]1(C(F)(F)F)C(=O)Nc2c1c(=O)[nH]c(=O)n2-c1ccc(F)cc1)c1cccc(Cl)c1. The zero-order chi connectivity index (χ0) is 24.1. The summed E-state index contributed by atoms with van der Waals surface area (Å²) in [5.41, 5.74) is -8.27. The van der Waals surface area contributed by atoms with Gasteiger partial charge in [-0.2, -0.15) is 13.2 Å². The molecule has 3 N–H and O–H groups in total. The second-order valence-electron chi connectivity index (χ2n) is 6.96. The van der Waals surface area contributed by atoms with E-state index in [-0.39, 0.29) is 16.3 Å². The number of benzene rings is 2. The minimum Gasteiger partial charge on any atom is -0.326 e. The van der Waals surface area contributed by atoms with Gasteiger partial charge in [-0.15, -0.1) is 0 Å². The Morgan fingerprint density at radius 1 is 1.06 bits per heavy atom. The number of H-pyrrole nitrogens is 1. The van der Waals surface area contributed by atoms with Crippen LogP contribution in [0.5, 0.6) is 0 Å². The van der Waals surface area contributed by atoms with E-state index in [2.05, 4.69) is 0 Å². The molecule has 1 atom stereocenters. The van der Waals surface area contributed by atoms with Crippen molar-refractivity contribution in [2.24, 2.45) is 0 Å². The molecule has 0 fully saturated rings. The van der Waals surface area contributed by atoms with E-state index < -0.39 is 52.0 Å². The van der Waals surface area contributed by atoms with Gasteiger partial charge in [0.25, 0.3) is 22.9 Å². The lowest BCUT2D eigenvalue weighted by Gasteiger charge is -2.30. The van der Waals surface area contributed by atoms with Crippen LogP contribution in [0.25, 0.3) is 5.69 Å². The van der Waals surface area contributed by atoms with Crippen LogP contribution in [0.15, 0.2) is 58.1 Å². The van der Waals surface area contributed by atoms with Gasteiger partial charge in [0.15, 0.2) is 0 Å². The third-order valence-electron chi connectivity index (χ3n) is 4.96. The van der Waals surface area contributed by atoms with Crippen LogP contribution in [0, 0.1) is 5.82 Å². The number of nitrogens with one attached hydrogen (secondary N) is 3. The van der Waals surface area contributed by atoms with Crippen molar-refractivity contribution < 1.29 is 27.2 Å². The molecule has 1 aromatic heterocycles. The van der Waals surface area contributed by atoms with Gasteiger partial charge in [-0.05, 0) is 42.5 Å². The number of hydrogen-bond donors (Lipinski definition) is 3. The van der Waals surface area contributed by atoms with Gasteiger partial charge in [-0.3, -0.25) is 19.4 Å². The Bertz CT molecular complexity index is 1420. The first-order valence-electron chi connectivity index (χ1n) is 9.07. The lowest BCUT2D eigenvalue weighted by Crippen LogP contribution is -2.62. The molecule has 3 aromatic rings. The molecule has 2 aromatic carbocycles. The van der Waals surface area contributed by atoms with E-state index in [4.69, 9.17) is 11.6 Å². The Balaban J connectivity index is 1.97. The van der Waals surface area contributed by atoms with Crippen LogP contribution < -0.4 is 21.9 Å². The summed E-state index contributed by atoms with van der Waals surface area (Å²) < 4.78 is 57.0. The zero-order valence-corrected chi connectivity index (χ0v) is 16.8. The van der Waals surface area contributed by atoms with E-state index in [1.54, 1.807) is 10.3 Å². The average Bonchev–Trinajstić information content (AvgIpc) is 3.02. The van der Waals surface area contributed by atoms with Crippen LogP contribution in [0.4, 0.5) is 23.4 Å². The molecule has 2 heterocycles. The fourth-order valence-corrected chi connectivity index (χ4v) is 3.68. The van der Waals surface area contributed by atoms with E-state index >= 15 is 0 Å². The normalized spacial score (nSPS) is 17.4. The molecule has 0 bridgehead atoms. The topological polar surface area (TPSA) is 113 Å². The lowest BCUT2D eigenvalue weighted by atomic mass is 9.91. The first-order valence-corrected chi connectivity index (χ1v) is 9.45. The monoisotopic (exact) mass is 482 g/mol. The molecule has 0 radical (unpaired) electrons. The van der Waals surface area contributed by atoms with Gasteiger partial charge in [-0.25, -0.2) is 13.8 Å². The molecule has 8 nitrogen and oxygen atoms in total. The van der Waals surface area contributed by atoms with Crippen LogP contribution in [0.2, 0.25) is 5.02 Å². The van der Waals surface area contributed by atoms with E-state index in [9.17, 15) is 36.7 Å². The van der Waals surface area contributed by atoms with Crippen molar-refractivity contribution in [3.05, 3.63) is 91.3 Å². The Hall–Kier alpha value is -3.93. The first-order chi connectivity index (χ1) is 15.5. The molecule has 4 rings (SSSR count). The number of rotatable bonds is 3. The first kappa shape index (κ1) is 22.3. The number of carbonyl (C=O) groups excluding carboxylic acids is 2. The molecular formula is C20H11ClF4N4O4. The molecule has 0 unspecified atom stereocenters. The molecule has 0 saturated carbocycles. The zero-order valence-electron chi connectivity index (χ0n) is 16.1. The number of halogens is 5. The summed E-state index contributed by atoms with van der Waals surface area (Å²) in [6.07, 6.45) is -5.51. The van der Waals surface area contributed by atoms with Gasteiger partial charge in [-0.1, -0.05) is 17.7 Å². The molecule has 1 aliphatic heterocycles. The van der Waals surface area contributed by atoms with Gasteiger partial charge in [0.1, 0.15) is 17.2 Å². The van der Waals surface area contributed by atoms with Crippen LogP contribution in [0.3, 0.4) is 0 Å². The number of nitrogens with zero attached hydrogens (tertiary/aromatic N) is 1. The molecule has 0 aliphatic carbocycles. The van der Waals surface area contributed by atoms with E-state index in [1.807, 2.05) is 5.32 Å². The Labute approximate surface area is 185 Å². The minimum absolute atomic E-state index is 0.0444. The number of hydrogen-bond acceptors (Lipinski definition) is 4. The maximum Gasteiger partial charge on any atom is 0.425 e. The Morgan fingerprint density at radius 3 is 2.33 bits per heavy atom. The highest BCUT2D eigenvalue weighted by Gasteiger charge is 2.68. The summed E-state index contributed by atoms with van der Waals surface area (Å²) in [4.78, 5) is 52.1. The Kier molecular flexibility index (Phi) is 5.12. The number of aromatic amines is 1. The maximum absolute atomic E-state index is 14.4. The molecule has 2 amide bonds. The van der Waals surface area contributed by atoms with Crippen LogP contribution in [0.1, 0.15) is 15.9 Å². The number of carbonyl (C=O) groups is 2. The second kappa shape index (κ2) is 7.59. The largest absolute Gasteiger partial charge is 0.425 e. The molecule has 0 spiro atoms. The van der Waals surface area contributed by atoms with E-state index in [1.165, 1.54) is 12.1 Å². The highest BCUT2D eigenvalue weighted by Crippen LogP contribution is 2.45. The summed E-state index contributed by atoms with van der Waals surface area (Å²) in [6.45, 7) is 0. The van der Waals surface area contributed by atoms with Gasteiger partial charge >= 0.3 is 11.9 Å². The number of alkyl halides is 3. The van der Waals surface area contributed by atoms with Gasteiger partial charge < -0.3 is 10.6 Å². The number of amides is 2. The Morgan fingerprint density at radius 2 is 1.73 bits per heavy atom. The van der Waals surface area contributed by atoms with Gasteiger partial charge in [0.2, 0.25) is 0 Å². The fourth-order valence-electron chi connectivity index (χ4n) is 3.49. The standard InChI is InChI=1S/C20H11ClF4N4O4/c21-10-3-1-2-9(8-10)15(30)28-19(20(23,24)25)13-14(26-17(19)32)29(18(33)27-16(13)31)12-6-4-11(22)5-7-12/h1-8H,(H,26,32)(H,28,30)(H,27,31,33)/t19-/m1/s1. The van der Waals surface area contributed by atoms with Crippen molar-refractivity contribution in [2.45, 2.75) is 11.7 Å². The third-order valence-corrected chi connectivity index (χ3v) is 5.19. The average molecular weight is 483 g/mol. The maximum atomic E-state index is 14.4. The van der Waals surface area contributed by atoms with Crippen LogP contribution in [-0.4, -0.2) is 27.5 Å². The molecule has 0 saturated heterocycles. The summed E-state index contributed by atoms with van der Waals surface area (Å²) in [5, 5.41) is 3.52. The smallest absolute Gasteiger partial charge is 0.326 e. The molecule has 170 valence electrons. The summed E-state index contributed by atoms with van der Waals surface area (Å²) in [6, 6.07) is 8.86. The summed E-state index contributed by atoms with van der Waals surface area (Å²) in [5.74, 6) is -4.68. The van der Waals surface area contributed by atoms with E-state index in [0.717, 1.165) is 36.4 Å². The van der Waals surface area contributed by atoms with Crippen LogP contribution in [-0.2, 0) is 10.3 Å². The number of anilines is 1. The molecule has 33 heavy (non-hydrogen) atoms. The van der Waals surface area contributed by atoms with Crippen molar-refractivity contribution in [3.63, 3.8) is 0 Å². The van der Waals surface area contributed by atoms with Gasteiger partial charge in [0, 0.05) is 10.6 Å². The molecular weight excluding hydrogens is 472 g/mol. The highest BCUT2D eigenvalue weighted by molar-refractivity contribution is 6.31. The van der Waals surface area contributed by atoms with Crippen molar-refractivity contribution in [2.75, 3.05) is 5.32 Å². The highest BCUT2D eigenvalue weighted by atomic mass is 35.5. The quantitative estimate of drug-likeness (QED) is 0.498. The summed E-state index contributed by atoms with van der Waals surface area (Å²) in [7, 11) is 0. The van der Waals surface area contributed by atoms with Crippen molar-refractivity contribution >= 4 is 29.2 Å². The third kappa shape index (κ3) is 3.48. The van der Waals surface area contributed by atoms with Crippen molar-refractivity contribution in [3.8, 4) is 5.69 Å². The van der Waals surface area contributed by atoms with Gasteiger partial charge in [0.05, 0.1) is 5.69 Å². The number of aromatic nitrogens is 2.